The highest BCUT2D eigenvalue weighted by atomic mass is 19.1. The van der Waals surface area contributed by atoms with E-state index in [1.807, 2.05) is 0 Å². The summed E-state index contributed by atoms with van der Waals surface area (Å²) in [5.41, 5.74) is 2.92. The molecular formula is C23H21FN4O2. The second-order valence-corrected chi connectivity index (χ2v) is 8.66. The molecule has 3 aromatic rings. The van der Waals surface area contributed by atoms with E-state index >= 15 is 0 Å². The van der Waals surface area contributed by atoms with Crippen LogP contribution in [0.2, 0.25) is 0 Å². The largest absolute Gasteiger partial charge is 0.508 e. The van der Waals surface area contributed by atoms with Crippen LogP contribution >= 0.6 is 0 Å². The minimum atomic E-state index is -0.442. The van der Waals surface area contributed by atoms with Gasteiger partial charge in [-0.05, 0) is 53.8 Å². The van der Waals surface area contributed by atoms with Crippen molar-refractivity contribution in [3.05, 3.63) is 71.2 Å². The summed E-state index contributed by atoms with van der Waals surface area (Å²) in [6, 6.07) is 12.4. The summed E-state index contributed by atoms with van der Waals surface area (Å²) in [5, 5.41) is 17.7. The van der Waals surface area contributed by atoms with Crippen LogP contribution in [0.3, 0.4) is 0 Å². The van der Waals surface area contributed by atoms with Gasteiger partial charge in [0, 0.05) is 23.3 Å². The second kappa shape index (κ2) is 6.52. The Morgan fingerprint density at radius 2 is 1.80 bits per heavy atom. The molecule has 30 heavy (non-hydrogen) atoms. The van der Waals surface area contributed by atoms with Gasteiger partial charge in [0.15, 0.2) is 11.6 Å². The van der Waals surface area contributed by atoms with Crippen molar-refractivity contribution in [3.63, 3.8) is 0 Å². The number of carbonyl (C=O) groups excluding carboxylic acids is 1. The number of halogens is 1. The van der Waals surface area contributed by atoms with Crippen molar-refractivity contribution in [3.8, 4) is 17.1 Å². The molecule has 5 rings (SSSR count). The number of allylic oxidation sites excluding steroid dienone is 2. The maximum Gasteiger partial charge on any atom is 0.226 e. The molecule has 0 saturated carbocycles. The lowest BCUT2D eigenvalue weighted by molar-refractivity contribution is -0.118. The molecule has 1 aromatic heterocycles. The molecule has 0 fully saturated rings. The van der Waals surface area contributed by atoms with Gasteiger partial charge in [-0.25, -0.2) is 9.07 Å². The Kier molecular flexibility index (Phi) is 4.03. The van der Waals surface area contributed by atoms with E-state index < -0.39 is 6.04 Å². The Hall–Kier alpha value is -3.48. The topological polar surface area (TPSA) is 80.0 Å². The molecule has 7 heteroatoms. The number of phenols is 1. The van der Waals surface area contributed by atoms with Gasteiger partial charge < -0.3 is 10.4 Å². The van der Waals surface area contributed by atoms with E-state index in [2.05, 4.69) is 29.2 Å². The van der Waals surface area contributed by atoms with Gasteiger partial charge in [-0.2, -0.15) is 4.98 Å². The lowest BCUT2D eigenvalue weighted by atomic mass is 9.73. The zero-order valence-corrected chi connectivity index (χ0v) is 16.7. The van der Waals surface area contributed by atoms with Crippen molar-refractivity contribution in [2.24, 2.45) is 5.41 Å². The van der Waals surface area contributed by atoms with Crippen molar-refractivity contribution in [1.29, 1.82) is 0 Å². The standard InChI is InChI=1S/C23H21FN4O2/c1-23(2)11-17-19(18(30)12-23)20(13-5-9-16(29)10-6-13)28-22(25-17)26-21(27-28)14-3-7-15(24)8-4-14/h3-10,20,29H,11-12H2,1-2H3,(H,25,26,27). The van der Waals surface area contributed by atoms with Crippen LogP contribution < -0.4 is 5.32 Å². The summed E-state index contributed by atoms with van der Waals surface area (Å²) < 4.78 is 15.0. The summed E-state index contributed by atoms with van der Waals surface area (Å²) in [6.45, 7) is 4.16. The number of anilines is 1. The van der Waals surface area contributed by atoms with Crippen molar-refractivity contribution >= 4 is 11.7 Å². The molecule has 1 aliphatic heterocycles. The third-order valence-corrected chi connectivity index (χ3v) is 5.64. The number of nitrogens with zero attached hydrogens (tertiary/aromatic N) is 3. The lowest BCUT2D eigenvalue weighted by Gasteiger charge is -2.38. The highest BCUT2D eigenvalue weighted by Gasteiger charge is 2.41. The molecular weight excluding hydrogens is 383 g/mol. The predicted octanol–water partition coefficient (Wildman–Crippen LogP) is 4.45. The van der Waals surface area contributed by atoms with Gasteiger partial charge in [0.05, 0.1) is 0 Å². The average molecular weight is 404 g/mol. The first kappa shape index (κ1) is 18.5. The fourth-order valence-corrected chi connectivity index (χ4v) is 4.30. The Balaban J connectivity index is 1.67. The van der Waals surface area contributed by atoms with Crippen LogP contribution in [0.1, 0.15) is 38.3 Å². The highest BCUT2D eigenvalue weighted by Crippen LogP contribution is 2.45. The Bertz CT molecular complexity index is 1180. The number of aromatic nitrogens is 3. The smallest absolute Gasteiger partial charge is 0.226 e. The third-order valence-electron chi connectivity index (χ3n) is 5.64. The number of hydrogen-bond acceptors (Lipinski definition) is 5. The molecule has 0 bridgehead atoms. The normalized spacial score (nSPS) is 19.8. The maximum atomic E-state index is 13.3. The van der Waals surface area contributed by atoms with Gasteiger partial charge >= 0.3 is 0 Å². The van der Waals surface area contributed by atoms with E-state index in [0.29, 0.717) is 29.3 Å². The number of benzene rings is 2. The first-order valence-corrected chi connectivity index (χ1v) is 9.85. The SMILES string of the molecule is CC1(C)CC(=O)C2=C(C1)Nc1nc(-c3ccc(F)cc3)nn1C2c1ccc(O)cc1. The number of Topliss-reactive ketones (excluding diaryl/α,β-unsaturated/α-hetero) is 1. The number of rotatable bonds is 2. The van der Waals surface area contributed by atoms with Gasteiger partial charge in [0.25, 0.3) is 0 Å². The van der Waals surface area contributed by atoms with Gasteiger partial charge in [-0.15, -0.1) is 5.10 Å². The molecule has 6 nitrogen and oxygen atoms in total. The van der Waals surface area contributed by atoms with Crippen molar-refractivity contribution in [2.45, 2.75) is 32.7 Å². The molecule has 0 saturated heterocycles. The second-order valence-electron chi connectivity index (χ2n) is 8.66. The molecule has 2 N–H and O–H groups in total. The van der Waals surface area contributed by atoms with Crippen LogP contribution in [0.5, 0.6) is 5.75 Å². The van der Waals surface area contributed by atoms with Crippen LogP contribution in [0, 0.1) is 11.2 Å². The molecule has 0 radical (unpaired) electrons. The minimum Gasteiger partial charge on any atom is -0.508 e. The zero-order chi connectivity index (χ0) is 21.0. The molecule has 2 heterocycles. The van der Waals surface area contributed by atoms with Crippen LogP contribution in [0.15, 0.2) is 59.8 Å². The highest BCUT2D eigenvalue weighted by molar-refractivity contribution is 6.00. The number of phenolic OH excluding ortho intramolecular Hbond substituents is 1. The van der Waals surface area contributed by atoms with E-state index in [1.165, 1.54) is 12.1 Å². The van der Waals surface area contributed by atoms with E-state index in [0.717, 1.165) is 17.7 Å². The molecule has 2 aromatic carbocycles. The van der Waals surface area contributed by atoms with Crippen LogP contribution in [-0.4, -0.2) is 25.7 Å². The van der Waals surface area contributed by atoms with Crippen LogP contribution in [0.25, 0.3) is 11.4 Å². The predicted molar refractivity (Wildman–Crippen MR) is 110 cm³/mol. The maximum absolute atomic E-state index is 13.3. The van der Waals surface area contributed by atoms with Gasteiger partial charge in [-0.3, -0.25) is 4.79 Å². The number of aromatic hydroxyl groups is 1. The fraction of sp³-hybridized carbons (Fsp3) is 0.261. The van der Waals surface area contributed by atoms with Gasteiger partial charge in [-0.1, -0.05) is 26.0 Å². The van der Waals surface area contributed by atoms with Crippen LogP contribution in [-0.2, 0) is 4.79 Å². The van der Waals surface area contributed by atoms with Crippen molar-refractivity contribution in [2.75, 3.05) is 5.32 Å². The number of ketones is 1. The van der Waals surface area contributed by atoms with E-state index in [9.17, 15) is 14.3 Å². The number of hydrogen-bond donors (Lipinski definition) is 2. The molecule has 1 unspecified atom stereocenters. The first-order valence-electron chi connectivity index (χ1n) is 9.85. The molecule has 2 aliphatic rings. The third kappa shape index (κ3) is 3.07. The van der Waals surface area contributed by atoms with E-state index in [4.69, 9.17) is 0 Å². The monoisotopic (exact) mass is 404 g/mol. The fourth-order valence-electron chi connectivity index (χ4n) is 4.30. The summed E-state index contributed by atoms with van der Waals surface area (Å²) in [4.78, 5) is 17.8. The number of nitrogens with one attached hydrogen (secondary N) is 1. The lowest BCUT2D eigenvalue weighted by Crippen LogP contribution is -2.36. The van der Waals surface area contributed by atoms with E-state index in [1.54, 1.807) is 41.1 Å². The number of fused-ring (bicyclic) bond motifs is 1. The van der Waals surface area contributed by atoms with Crippen molar-refractivity contribution < 1.29 is 14.3 Å². The molecule has 1 atom stereocenters. The Morgan fingerprint density at radius 1 is 1.10 bits per heavy atom. The van der Waals surface area contributed by atoms with Gasteiger partial charge in [0.1, 0.15) is 17.6 Å². The molecule has 0 amide bonds. The average Bonchev–Trinajstić information content (AvgIpc) is 3.10. The molecule has 0 spiro atoms. The summed E-state index contributed by atoms with van der Waals surface area (Å²) in [7, 11) is 0. The molecule has 1 aliphatic carbocycles. The van der Waals surface area contributed by atoms with Gasteiger partial charge in [0.2, 0.25) is 5.95 Å². The molecule has 152 valence electrons. The quantitative estimate of drug-likeness (QED) is 0.660. The summed E-state index contributed by atoms with van der Waals surface area (Å²) in [6.07, 6.45) is 1.18. The first-order chi connectivity index (χ1) is 14.3. The van der Waals surface area contributed by atoms with Crippen molar-refractivity contribution in [1.82, 2.24) is 14.8 Å². The van der Waals surface area contributed by atoms with Crippen LogP contribution in [0.4, 0.5) is 10.3 Å². The summed E-state index contributed by atoms with van der Waals surface area (Å²) in [5.74, 6) is 0.900. The Morgan fingerprint density at radius 3 is 2.50 bits per heavy atom. The summed E-state index contributed by atoms with van der Waals surface area (Å²) >= 11 is 0. The number of carbonyl (C=O) groups is 1. The Labute approximate surface area is 173 Å². The minimum absolute atomic E-state index is 0.0799. The zero-order valence-electron chi connectivity index (χ0n) is 16.7. The van der Waals surface area contributed by atoms with E-state index in [-0.39, 0.29) is 22.8 Å².